The zero-order valence-electron chi connectivity index (χ0n) is 29.0. The monoisotopic (exact) mass is 633 g/mol. The van der Waals surface area contributed by atoms with Crippen molar-refractivity contribution in [1.82, 2.24) is 4.57 Å². The van der Waals surface area contributed by atoms with Crippen LogP contribution in [0.15, 0.2) is 127 Å². The first-order valence-electron chi connectivity index (χ1n) is 16.8. The van der Waals surface area contributed by atoms with Crippen molar-refractivity contribution in [1.29, 1.82) is 10.5 Å². The van der Waals surface area contributed by atoms with E-state index in [0.29, 0.717) is 11.1 Å². The van der Waals surface area contributed by atoms with E-state index in [9.17, 15) is 10.5 Å². The van der Waals surface area contributed by atoms with Crippen LogP contribution >= 0.6 is 0 Å². The highest BCUT2D eigenvalue weighted by molar-refractivity contribution is 6.10. The number of nitrogens with zero attached hydrogens (tertiary/aromatic N) is 3. The molecule has 1 aromatic heterocycles. The molecule has 0 radical (unpaired) electrons. The van der Waals surface area contributed by atoms with Crippen LogP contribution in [-0.2, 0) is 10.8 Å². The number of benzene rings is 6. The Morgan fingerprint density at radius 2 is 0.898 bits per heavy atom. The summed E-state index contributed by atoms with van der Waals surface area (Å²) in [6, 6.07) is 49.2. The van der Waals surface area contributed by atoms with Crippen LogP contribution in [0.3, 0.4) is 0 Å². The minimum absolute atomic E-state index is 0.00704. The maximum absolute atomic E-state index is 9.95. The Bertz CT molecular complexity index is 2290. The quantitative estimate of drug-likeness (QED) is 0.194. The van der Waals surface area contributed by atoms with Crippen LogP contribution in [0.2, 0.25) is 0 Å². The second-order valence-corrected chi connectivity index (χ2v) is 15.0. The zero-order chi connectivity index (χ0) is 34.5. The number of aromatic nitrogens is 1. The van der Waals surface area contributed by atoms with E-state index in [1.54, 1.807) is 6.07 Å². The van der Waals surface area contributed by atoms with Crippen molar-refractivity contribution in [3.63, 3.8) is 0 Å². The first-order chi connectivity index (χ1) is 23.5. The molecule has 0 amide bonds. The van der Waals surface area contributed by atoms with Gasteiger partial charge < -0.3 is 4.57 Å². The molecule has 3 heteroatoms. The Balaban J connectivity index is 1.64. The molecule has 0 aliphatic carbocycles. The molecule has 6 aromatic carbocycles. The highest BCUT2D eigenvalue weighted by Crippen LogP contribution is 2.45. The van der Waals surface area contributed by atoms with Crippen molar-refractivity contribution in [2.24, 2.45) is 0 Å². The summed E-state index contributed by atoms with van der Waals surface area (Å²) in [5, 5.41) is 22.4. The predicted octanol–water partition coefficient (Wildman–Crippen LogP) is 12.1. The SMILES string of the molecule is CC(C)(C)c1ccc2c(c1)c1cc(C(C)(C)C)ccc1n2-c1cc(-c2ccccc2)c(-c2cc(C#N)cc(C#N)c2)c(-c2ccccc2)c1. The first-order valence-corrected chi connectivity index (χ1v) is 16.8. The van der Waals surface area contributed by atoms with Gasteiger partial charge in [0, 0.05) is 16.5 Å². The Labute approximate surface area is 289 Å². The number of rotatable bonds is 4. The standard InChI is InChI=1S/C46H39N3/c1-45(2,3)35-17-19-42-40(24-35)41-25-36(46(4,5)6)18-20-43(41)49(42)37-26-38(32-13-9-7-10-14-32)44(39(27-37)33-15-11-8-12-16-33)34-22-30(28-47)21-31(23-34)29-48/h7-27H,1-6H3. The fourth-order valence-electron chi connectivity index (χ4n) is 6.89. The molecule has 0 saturated heterocycles. The van der Waals surface area contributed by atoms with Crippen molar-refractivity contribution in [3.05, 3.63) is 150 Å². The topological polar surface area (TPSA) is 52.5 Å². The van der Waals surface area contributed by atoms with Gasteiger partial charge in [0.05, 0.1) is 34.3 Å². The molecule has 7 aromatic rings. The molecule has 0 aliphatic rings. The third kappa shape index (κ3) is 5.79. The van der Waals surface area contributed by atoms with Crippen molar-refractivity contribution < 1.29 is 0 Å². The second-order valence-electron chi connectivity index (χ2n) is 15.0. The highest BCUT2D eigenvalue weighted by atomic mass is 15.0. The van der Waals surface area contributed by atoms with Gasteiger partial charge in [0.1, 0.15) is 0 Å². The van der Waals surface area contributed by atoms with Gasteiger partial charge >= 0.3 is 0 Å². The smallest absolute Gasteiger partial charge is 0.0992 e. The number of nitriles is 2. The molecule has 0 atom stereocenters. The van der Waals surface area contributed by atoms with Gasteiger partial charge in [-0.15, -0.1) is 0 Å². The summed E-state index contributed by atoms with van der Waals surface area (Å²) in [6.45, 7) is 13.6. The van der Waals surface area contributed by atoms with Crippen molar-refractivity contribution >= 4 is 21.8 Å². The Morgan fingerprint density at radius 3 is 1.29 bits per heavy atom. The van der Waals surface area contributed by atoms with Crippen LogP contribution < -0.4 is 0 Å². The minimum atomic E-state index is 0.00704. The molecule has 0 fully saturated rings. The van der Waals surface area contributed by atoms with Gasteiger partial charge in [-0.05, 0) is 110 Å². The summed E-state index contributed by atoms with van der Waals surface area (Å²) in [4.78, 5) is 0. The predicted molar refractivity (Wildman–Crippen MR) is 204 cm³/mol. The van der Waals surface area contributed by atoms with E-state index in [4.69, 9.17) is 0 Å². The van der Waals surface area contributed by atoms with Gasteiger partial charge in [0.25, 0.3) is 0 Å². The van der Waals surface area contributed by atoms with Gasteiger partial charge in [0.2, 0.25) is 0 Å². The number of fused-ring (bicyclic) bond motifs is 3. The summed E-state index contributed by atoms with van der Waals surface area (Å²) in [5.41, 5.74) is 12.9. The van der Waals surface area contributed by atoms with E-state index in [2.05, 4.69) is 155 Å². The number of hydrogen-bond donors (Lipinski definition) is 0. The first kappa shape index (κ1) is 31.7. The maximum Gasteiger partial charge on any atom is 0.0992 e. The van der Waals surface area contributed by atoms with Gasteiger partial charge in [-0.2, -0.15) is 10.5 Å². The molecular weight excluding hydrogens is 595 g/mol. The molecule has 238 valence electrons. The fourth-order valence-corrected chi connectivity index (χ4v) is 6.89. The maximum atomic E-state index is 9.95. The molecule has 7 rings (SSSR count). The lowest BCUT2D eigenvalue weighted by Gasteiger charge is -2.21. The molecule has 0 saturated carbocycles. The van der Waals surface area contributed by atoms with Crippen LogP contribution in [0.1, 0.15) is 63.8 Å². The van der Waals surface area contributed by atoms with Crippen molar-refractivity contribution in [3.8, 4) is 51.2 Å². The van der Waals surface area contributed by atoms with Crippen LogP contribution in [-0.4, -0.2) is 4.57 Å². The molecule has 0 aliphatic heterocycles. The summed E-state index contributed by atoms with van der Waals surface area (Å²) in [7, 11) is 0. The van der Waals surface area contributed by atoms with Crippen LogP contribution in [0.4, 0.5) is 0 Å². The molecule has 49 heavy (non-hydrogen) atoms. The lowest BCUT2D eigenvalue weighted by molar-refractivity contribution is 0.590. The van der Waals surface area contributed by atoms with Gasteiger partial charge in [-0.25, -0.2) is 0 Å². The summed E-state index contributed by atoms with van der Waals surface area (Å²) in [5.74, 6) is 0. The Kier molecular flexibility index (Phi) is 7.74. The van der Waals surface area contributed by atoms with E-state index in [1.807, 2.05) is 24.3 Å². The van der Waals surface area contributed by atoms with Gasteiger partial charge in [0.15, 0.2) is 0 Å². The van der Waals surface area contributed by atoms with Crippen LogP contribution in [0.5, 0.6) is 0 Å². The van der Waals surface area contributed by atoms with Crippen molar-refractivity contribution in [2.45, 2.75) is 52.4 Å². The summed E-state index contributed by atoms with van der Waals surface area (Å²) in [6.07, 6.45) is 0. The molecule has 3 nitrogen and oxygen atoms in total. The van der Waals surface area contributed by atoms with E-state index in [1.165, 1.54) is 21.9 Å². The Hall–Kier alpha value is -5.90. The average Bonchev–Trinajstić information content (AvgIpc) is 3.44. The molecule has 0 N–H and O–H groups in total. The molecule has 0 bridgehead atoms. The summed E-state index contributed by atoms with van der Waals surface area (Å²) >= 11 is 0. The largest absolute Gasteiger partial charge is 0.309 e. The molecule has 0 unspecified atom stereocenters. The normalized spacial score (nSPS) is 11.8. The Morgan fingerprint density at radius 1 is 0.469 bits per heavy atom. The van der Waals surface area contributed by atoms with Gasteiger partial charge in [-0.3, -0.25) is 0 Å². The lowest BCUT2D eigenvalue weighted by Crippen LogP contribution is -2.10. The summed E-state index contributed by atoms with van der Waals surface area (Å²) < 4.78 is 2.40. The van der Waals surface area contributed by atoms with E-state index < -0.39 is 0 Å². The van der Waals surface area contributed by atoms with Crippen LogP contribution in [0.25, 0.3) is 60.9 Å². The molecule has 0 spiro atoms. The third-order valence-corrected chi connectivity index (χ3v) is 9.53. The zero-order valence-corrected chi connectivity index (χ0v) is 29.0. The second kappa shape index (κ2) is 12.0. The fraction of sp³-hybridized carbons (Fsp3) is 0.174. The highest BCUT2D eigenvalue weighted by Gasteiger charge is 2.23. The molecular formula is C46H39N3. The van der Waals surface area contributed by atoms with Crippen molar-refractivity contribution in [2.75, 3.05) is 0 Å². The average molecular weight is 634 g/mol. The molecule has 1 heterocycles. The third-order valence-electron chi connectivity index (χ3n) is 9.53. The van der Waals surface area contributed by atoms with E-state index in [-0.39, 0.29) is 10.8 Å². The van der Waals surface area contributed by atoms with Gasteiger partial charge in [-0.1, -0.05) is 114 Å². The lowest BCUT2D eigenvalue weighted by atomic mass is 9.85. The van der Waals surface area contributed by atoms with E-state index >= 15 is 0 Å². The number of hydrogen-bond acceptors (Lipinski definition) is 2. The van der Waals surface area contributed by atoms with Crippen LogP contribution in [0, 0.1) is 22.7 Å². The van der Waals surface area contributed by atoms with E-state index in [0.717, 1.165) is 50.1 Å². The minimum Gasteiger partial charge on any atom is -0.309 e.